The number of hydrogen-bond acceptors (Lipinski definition) is 2. The van der Waals surface area contributed by atoms with Gasteiger partial charge in [0.1, 0.15) is 5.75 Å². The standard InChI is InChI=1S/C16H16BrNO2/c1-20-15-9-7-12(11-14(15)17)8-10-16(19)18-13-5-3-2-4-6-13/h2-7,9,11H,8,10H2,1H3,(H,18,19). The summed E-state index contributed by atoms with van der Waals surface area (Å²) in [5.74, 6) is 0.811. The van der Waals surface area contributed by atoms with Crippen LogP contribution in [-0.2, 0) is 11.2 Å². The molecule has 0 aliphatic carbocycles. The fourth-order valence-electron chi connectivity index (χ4n) is 1.87. The highest BCUT2D eigenvalue weighted by atomic mass is 79.9. The van der Waals surface area contributed by atoms with Crippen LogP contribution in [0.4, 0.5) is 5.69 Å². The number of halogens is 1. The minimum absolute atomic E-state index is 0.0168. The van der Waals surface area contributed by atoms with Gasteiger partial charge in [0.25, 0.3) is 0 Å². The molecule has 0 radical (unpaired) electrons. The van der Waals surface area contributed by atoms with Crippen LogP contribution in [0.2, 0.25) is 0 Å². The Balaban J connectivity index is 1.89. The number of amides is 1. The minimum atomic E-state index is 0.0168. The number of nitrogens with one attached hydrogen (secondary N) is 1. The summed E-state index contributed by atoms with van der Waals surface area (Å²) in [4.78, 5) is 11.8. The number of ether oxygens (including phenoxy) is 1. The van der Waals surface area contributed by atoms with Gasteiger partial charge in [0.2, 0.25) is 5.91 Å². The Kier molecular flexibility index (Phi) is 5.18. The van der Waals surface area contributed by atoms with E-state index in [-0.39, 0.29) is 5.91 Å². The van der Waals surface area contributed by atoms with E-state index in [1.165, 1.54) is 0 Å². The first-order valence-corrected chi connectivity index (χ1v) is 7.15. The van der Waals surface area contributed by atoms with Crippen LogP contribution in [0.25, 0.3) is 0 Å². The molecule has 0 heterocycles. The van der Waals surface area contributed by atoms with Gasteiger partial charge in [-0.2, -0.15) is 0 Å². The second-order valence-electron chi connectivity index (χ2n) is 4.38. The molecule has 4 heteroatoms. The number of rotatable bonds is 5. The fraction of sp³-hybridized carbons (Fsp3) is 0.188. The number of benzene rings is 2. The molecule has 2 aromatic rings. The predicted molar refractivity (Wildman–Crippen MR) is 84.1 cm³/mol. The van der Waals surface area contributed by atoms with Gasteiger partial charge in [-0.05, 0) is 52.2 Å². The maximum atomic E-state index is 11.8. The zero-order valence-electron chi connectivity index (χ0n) is 11.2. The van der Waals surface area contributed by atoms with Crippen LogP contribution in [0.5, 0.6) is 5.75 Å². The molecule has 2 rings (SSSR count). The maximum Gasteiger partial charge on any atom is 0.224 e. The number of hydrogen-bond donors (Lipinski definition) is 1. The van der Waals surface area contributed by atoms with Crippen LogP contribution in [0.15, 0.2) is 53.0 Å². The maximum absolute atomic E-state index is 11.8. The summed E-state index contributed by atoms with van der Waals surface area (Å²) in [5, 5.41) is 2.87. The van der Waals surface area contributed by atoms with Crippen molar-refractivity contribution in [3.8, 4) is 5.75 Å². The smallest absolute Gasteiger partial charge is 0.224 e. The Morgan fingerprint density at radius 3 is 2.60 bits per heavy atom. The van der Waals surface area contributed by atoms with Gasteiger partial charge in [0, 0.05) is 12.1 Å². The Morgan fingerprint density at radius 2 is 1.95 bits per heavy atom. The van der Waals surface area contributed by atoms with E-state index in [0.717, 1.165) is 21.5 Å². The van der Waals surface area contributed by atoms with Crippen LogP contribution >= 0.6 is 15.9 Å². The highest BCUT2D eigenvalue weighted by molar-refractivity contribution is 9.10. The quantitative estimate of drug-likeness (QED) is 0.897. The molecule has 0 atom stereocenters. The van der Waals surface area contributed by atoms with Gasteiger partial charge in [0.05, 0.1) is 11.6 Å². The molecule has 2 aromatic carbocycles. The molecule has 0 aliphatic rings. The molecule has 0 bridgehead atoms. The number of carbonyl (C=O) groups is 1. The normalized spacial score (nSPS) is 10.1. The average molecular weight is 334 g/mol. The summed E-state index contributed by atoms with van der Waals surface area (Å²) in [5.41, 5.74) is 1.93. The molecule has 3 nitrogen and oxygen atoms in total. The van der Waals surface area contributed by atoms with Crippen LogP contribution in [0.3, 0.4) is 0 Å². The van der Waals surface area contributed by atoms with Crippen molar-refractivity contribution < 1.29 is 9.53 Å². The first kappa shape index (κ1) is 14.6. The van der Waals surface area contributed by atoms with Crippen molar-refractivity contribution in [2.24, 2.45) is 0 Å². The van der Waals surface area contributed by atoms with Crippen molar-refractivity contribution in [2.75, 3.05) is 12.4 Å². The van der Waals surface area contributed by atoms with E-state index in [1.54, 1.807) is 7.11 Å². The van der Waals surface area contributed by atoms with Crippen molar-refractivity contribution >= 4 is 27.5 Å². The minimum Gasteiger partial charge on any atom is -0.496 e. The van der Waals surface area contributed by atoms with Gasteiger partial charge in [-0.1, -0.05) is 24.3 Å². The number of carbonyl (C=O) groups excluding carboxylic acids is 1. The first-order valence-electron chi connectivity index (χ1n) is 6.36. The SMILES string of the molecule is COc1ccc(CCC(=O)Nc2ccccc2)cc1Br. The lowest BCUT2D eigenvalue weighted by Gasteiger charge is -2.07. The summed E-state index contributed by atoms with van der Waals surface area (Å²) in [6, 6.07) is 15.3. The molecule has 0 aliphatic heterocycles. The number of methoxy groups -OCH3 is 1. The topological polar surface area (TPSA) is 38.3 Å². The second kappa shape index (κ2) is 7.10. The predicted octanol–water partition coefficient (Wildman–Crippen LogP) is 4.03. The highest BCUT2D eigenvalue weighted by Gasteiger charge is 2.05. The fourth-order valence-corrected chi connectivity index (χ4v) is 2.46. The van der Waals surface area contributed by atoms with E-state index >= 15 is 0 Å². The van der Waals surface area contributed by atoms with Crippen LogP contribution in [-0.4, -0.2) is 13.0 Å². The Bertz CT molecular complexity index is 584. The number of anilines is 1. The van der Waals surface area contributed by atoms with Gasteiger partial charge < -0.3 is 10.1 Å². The van der Waals surface area contributed by atoms with Crippen LogP contribution < -0.4 is 10.1 Å². The molecular weight excluding hydrogens is 318 g/mol. The lowest BCUT2D eigenvalue weighted by atomic mass is 10.1. The summed E-state index contributed by atoms with van der Waals surface area (Å²) >= 11 is 3.44. The van der Waals surface area contributed by atoms with Gasteiger partial charge in [0.15, 0.2) is 0 Å². The van der Waals surface area contributed by atoms with Crippen molar-refractivity contribution in [2.45, 2.75) is 12.8 Å². The molecule has 1 amide bonds. The third-order valence-electron chi connectivity index (χ3n) is 2.91. The van der Waals surface area contributed by atoms with Crippen molar-refractivity contribution in [1.29, 1.82) is 0 Å². The van der Waals surface area contributed by atoms with Crippen molar-refractivity contribution in [3.05, 3.63) is 58.6 Å². The molecule has 0 unspecified atom stereocenters. The number of para-hydroxylation sites is 1. The Hall–Kier alpha value is -1.81. The summed E-state index contributed by atoms with van der Waals surface area (Å²) in [7, 11) is 1.63. The zero-order chi connectivity index (χ0) is 14.4. The van der Waals surface area contributed by atoms with Crippen molar-refractivity contribution in [1.82, 2.24) is 0 Å². The highest BCUT2D eigenvalue weighted by Crippen LogP contribution is 2.26. The Labute approximate surface area is 127 Å². The molecule has 1 N–H and O–H groups in total. The summed E-state index contributed by atoms with van der Waals surface area (Å²) < 4.78 is 6.08. The molecule has 0 aromatic heterocycles. The molecule has 20 heavy (non-hydrogen) atoms. The average Bonchev–Trinajstić information content (AvgIpc) is 2.46. The second-order valence-corrected chi connectivity index (χ2v) is 5.24. The summed E-state index contributed by atoms with van der Waals surface area (Å²) in [6.07, 6.45) is 1.15. The van der Waals surface area contributed by atoms with Gasteiger partial charge in [-0.25, -0.2) is 0 Å². The molecule has 104 valence electrons. The van der Waals surface area contributed by atoms with E-state index in [4.69, 9.17) is 4.74 Å². The van der Waals surface area contributed by atoms with E-state index in [1.807, 2.05) is 48.5 Å². The van der Waals surface area contributed by atoms with Crippen molar-refractivity contribution in [3.63, 3.8) is 0 Å². The molecule has 0 spiro atoms. The van der Waals surface area contributed by atoms with E-state index in [9.17, 15) is 4.79 Å². The monoisotopic (exact) mass is 333 g/mol. The Morgan fingerprint density at radius 1 is 1.20 bits per heavy atom. The molecular formula is C16H16BrNO2. The first-order chi connectivity index (χ1) is 9.69. The zero-order valence-corrected chi connectivity index (χ0v) is 12.8. The molecule has 0 saturated carbocycles. The van der Waals surface area contributed by atoms with Crippen LogP contribution in [0, 0.1) is 0 Å². The van der Waals surface area contributed by atoms with Gasteiger partial charge >= 0.3 is 0 Å². The third kappa shape index (κ3) is 4.10. The van der Waals surface area contributed by atoms with Gasteiger partial charge in [-0.15, -0.1) is 0 Å². The van der Waals surface area contributed by atoms with E-state index < -0.39 is 0 Å². The molecule has 0 saturated heterocycles. The van der Waals surface area contributed by atoms with E-state index in [2.05, 4.69) is 21.2 Å². The van der Waals surface area contributed by atoms with E-state index in [0.29, 0.717) is 12.8 Å². The van der Waals surface area contributed by atoms with Crippen LogP contribution in [0.1, 0.15) is 12.0 Å². The third-order valence-corrected chi connectivity index (χ3v) is 3.53. The molecule has 0 fully saturated rings. The lowest BCUT2D eigenvalue weighted by Crippen LogP contribution is -2.12. The van der Waals surface area contributed by atoms with Gasteiger partial charge in [-0.3, -0.25) is 4.79 Å². The summed E-state index contributed by atoms with van der Waals surface area (Å²) in [6.45, 7) is 0. The lowest BCUT2D eigenvalue weighted by molar-refractivity contribution is -0.116. The number of aryl methyl sites for hydroxylation is 1. The largest absolute Gasteiger partial charge is 0.496 e.